The third-order valence-corrected chi connectivity index (χ3v) is 11.0. The van der Waals surface area contributed by atoms with E-state index in [0.717, 1.165) is 41.1 Å². The molecule has 3 aliphatic rings. The van der Waals surface area contributed by atoms with Gasteiger partial charge in [0.1, 0.15) is 12.3 Å². The lowest BCUT2D eigenvalue weighted by Gasteiger charge is -2.36. The Labute approximate surface area is 335 Å². The number of pyridine rings is 2. The van der Waals surface area contributed by atoms with Gasteiger partial charge in [-0.2, -0.15) is 0 Å². The minimum Gasteiger partial charge on any atom is -0.457 e. The van der Waals surface area contributed by atoms with Gasteiger partial charge >= 0.3 is 11.9 Å². The molecule has 0 N–H and O–H groups in total. The molecule has 0 spiro atoms. The summed E-state index contributed by atoms with van der Waals surface area (Å²) >= 11 is 0. The number of fused-ring (bicyclic) bond motifs is 8. The van der Waals surface area contributed by atoms with E-state index in [1.165, 1.54) is 11.5 Å². The van der Waals surface area contributed by atoms with Gasteiger partial charge in [-0.15, -0.1) is 0 Å². The predicted octanol–water partition coefficient (Wildman–Crippen LogP) is 5.97. The van der Waals surface area contributed by atoms with Crippen molar-refractivity contribution in [2.45, 2.75) is 65.4 Å². The van der Waals surface area contributed by atoms with Gasteiger partial charge in [0.15, 0.2) is 0 Å². The Bertz CT molecular complexity index is 2870. The van der Waals surface area contributed by atoms with Crippen molar-refractivity contribution in [1.82, 2.24) is 9.55 Å². The molecule has 0 saturated heterocycles. The Morgan fingerprint density at radius 3 is 2.07 bits per heavy atom. The number of carbonyl (C=O) groups is 2. The number of hydrogen-bond acceptors (Lipinski definition) is 16. The number of nitro benzene ring substituents is 4. The summed E-state index contributed by atoms with van der Waals surface area (Å²) in [5.41, 5.74) is -3.94. The minimum atomic E-state index is -2.18. The van der Waals surface area contributed by atoms with Crippen LogP contribution in [0.2, 0.25) is 0 Å². The van der Waals surface area contributed by atoms with E-state index in [1.54, 1.807) is 6.07 Å². The van der Waals surface area contributed by atoms with Gasteiger partial charge in [0.25, 0.3) is 28.3 Å². The summed E-state index contributed by atoms with van der Waals surface area (Å²) in [6.45, 7) is 6.44. The zero-order valence-electron chi connectivity index (χ0n) is 31.9. The van der Waals surface area contributed by atoms with Crippen molar-refractivity contribution in [2.24, 2.45) is 5.16 Å². The Balaban J connectivity index is 1.20. The van der Waals surface area contributed by atoms with E-state index in [1.807, 2.05) is 32.0 Å². The molecule has 4 heterocycles. The van der Waals surface area contributed by atoms with Gasteiger partial charge < -0.3 is 18.9 Å². The number of cyclic esters (lactones) is 1. The first-order valence-electron chi connectivity index (χ1n) is 18.3. The van der Waals surface area contributed by atoms with Crippen LogP contribution in [-0.4, -0.2) is 53.0 Å². The topological polar surface area (TPSA) is 282 Å². The van der Waals surface area contributed by atoms with Crippen LogP contribution in [0.5, 0.6) is 0 Å². The lowest BCUT2D eigenvalue weighted by atomic mass is 9.85. The van der Waals surface area contributed by atoms with Gasteiger partial charge in [0, 0.05) is 39.8 Å². The molecule has 60 heavy (non-hydrogen) atoms. The average Bonchev–Trinajstić information content (AvgIpc) is 3.74. The highest BCUT2D eigenvalue weighted by Gasteiger charge is 2.51. The van der Waals surface area contributed by atoms with Crippen LogP contribution in [0, 0.1) is 47.4 Å². The Hall–Kier alpha value is -7.97. The molecule has 21 nitrogen and oxygen atoms in total. The second kappa shape index (κ2) is 13.9. The largest absolute Gasteiger partial charge is 0.457 e. The number of nitro groups is 4. The molecule has 304 valence electrons. The molecule has 0 saturated carbocycles. The average molecular weight is 820 g/mol. The Kier molecular flexibility index (Phi) is 8.98. The number of oxime groups is 1. The fourth-order valence-electron chi connectivity index (χ4n) is 8.13. The molecule has 2 atom stereocenters. The highest BCUT2D eigenvalue weighted by atomic mass is 16.7. The quantitative estimate of drug-likeness (QED) is 0.0872. The van der Waals surface area contributed by atoms with Crippen molar-refractivity contribution >= 4 is 51.3 Å². The summed E-state index contributed by atoms with van der Waals surface area (Å²) in [4.78, 5) is 96.2. The molecule has 0 unspecified atom stereocenters. The summed E-state index contributed by atoms with van der Waals surface area (Å²) in [5.74, 6) is -2.21. The van der Waals surface area contributed by atoms with E-state index in [0.29, 0.717) is 35.5 Å². The van der Waals surface area contributed by atoms with E-state index < -0.39 is 106 Å². The van der Waals surface area contributed by atoms with Gasteiger partial charge in [-0.1, -0.05) is 30.6 Å². The molecule has 8 rings (SSSR count). The second-order valence-electron chi connectivity index (χ2n) is 14.3. The highest BCUT2D eigenvalue weighted by molar-refractivity contribution is 6.27. The maximum Gasteiger partial charge on any atom is 0.355 e. The molecule has 1 aliphatic carbocycles. The van der Waals surface area contributed by atoms with Crippen molar-refractivity contribution in [2.75, 3.05) is 0 Å². The van der Waals surface area contributed by atoms with Crippen molar-refractivity contribution in [1.29, 1.82) is 0 Å². The Morgan fingerprint density at radius 2 is 1.52 bits per heavy atom. The van der Waals surface area contributed by atoms with Gasteiger partial charge in [0.05, 0.1) is 72.0 Å². The fraction of sp³-hybridized carbons (Fsp3) is 0.256. The van der Waals surface area contributed by atoms with Crippen molar-refractivity contribution in [3.63, 3.8) is 0 Å². The molecule has 0 bridgehead atoms. The van der Waals surface area contributed by atoms with Crippen molar-refractivity contribution < 1.29 is 43.6 Å². The van der Waals surface area contributed by atoms with E-state index in [2.05, 4.69) is 5.16 Å². The normalized spacial score (nSPS) is 16.1. The zero-order chi connectivity index (χ0) is 43.1. The van der Waals surface area contributed by atoms with Crippen LogP contribution in [0.4, 0.5) is 22.7 Å². The summed E-state index contributed by atoms with van der Waals surface area (Å²) in [5, 5.41) is 52.8. The maximum absolute atomic E-state index is 14.2. The van der Waals surface area contributed by atoms with Gasteiger partial charge in [-0.3, -0.25) is 45.3 Å². The molecule has 3 aromatic carbocycles. The third kappa shape index (κ3) is 5.72. The van der Waals surface area contributed by atoms with Crippen LogP contribution in [0.15, 0.2) is 58.5 Å². The lowest BCUT2D eigenvalue weighted by molar-refractivity contribution is -0.395. The monoisotopic (exact) mass is 819 g/mol. The number of benzene rings is 3. The fourth-order valence-corrected chi connectivity index (χ4v) is 8.13. The van der Waals surface area contributed by atoms with Crippen LogP contribution in [0.25, 0.3) is 33.4 Å². The summed E-state index contributed by atoms with van der Waals surface area (Å²) in [6, 6.07) is 10.2. The van der Waals surface area contributed by atoms with Crippen molar-refractivity contribution in [3.8, 4) is 22.5 Å². The zero-order valence-corrected chi connectivity index (χ0v) is 31.9. The SMILES string of the molecule is CCc1c2c(nc3ccc(C)cc13)-c1cc3c(c(=O)n1C2)COC(=O)[C@@]3(CC)OC(=O)[C@@H](C)ON=C1c2cc([N+](=O)[O-])cc([N+](=O)[O-])c2-c2c1cc([N+](=O)[O-])cc2[N+](=O)[O-]. The molecule has 2 aromatic heterocycles. The Morgan fingerprint density at radius 1 is 0.900 bits per heavy atom. The second-order valence-corrected chi connectivity index (χ2v) is 14.3. The summed E-state index contributed by atoms with van der Waals surface area (Å²) in [7, 11) is 0. The molecular formula is C39H29N7O14. The molecule has 0 radical (unpaired) electrons. The summed E-state index contributed by atoms with van der Waals surface area (Å²) in [6.07, 6.45) is -1.31. The molecular weight excluding hydrogens is 790 g/mol. The number of nitrogens with zero attached hydrogens (tertiary/aromatic N) is 7. The number of ether oxygens (including phenoxy) is 2. The highest BCUT2D eigenvalue weighted by Crippen LogP contribution is 2.50. The molecule has 5 aromatic rings. The van der Waals surface area contributed by atoms with Gasteiger partial charge in [-0.05, 0) is 50.5 Å². The van der Waals surface area contributed by atoms with E-state index in [9.17, 15) is 54.8 Å². The number of non-ortho nitro benzene ring substituents is 2. The standard InChI is InChI=1S/C39H29N7O14/c1-5-21-22-9-17(3)7-8-28(22)40-35-25(21)15-42-31(35)14-27-26(36(42)47)16-58-38(49)39(27,6-2)59-37(48)18(4)60-41-34-23-10-19(43(50)51)12-29(45(54)55)32(23)33-24(34)11-20(44(52)53)13-30(33)46(56)57/h7-14,18H,5-6,15-16H2,1-4H3/t18-,39+/m1/s1. The number of rotatable bonds is 10. The smallest absolute Gasteiger partial charge is 0.355 e. The first-order valence-corrected chi connectivity index (χ1v) is 18.3. The van der Waals surface area contributed by atoms with Gasteiger partial charge in [-0.25, -0.2) is 14.6 Å². The van der Waals surface area contributed by atoms with E-state index in [-0.39, 0.29) is 24.1 Å². The molecule has 2 aliphatic heterocycles. The van der Waals surface area contributed by atoms with Crippen LogP contribution >= 0.6 is 0 Å². The lowest BCUT2D eigenvalue weighted by Crippen LogP contribution is -2.48. The van der Waals surface area contributed by atoms with Crippen LogP contribution in [0.3, 0.4) is 0 Å². The first kappa shape index (κ1) is 38.9. The predicted molar refractivity (Wildman–Crippen MR) is 207 cm³/mol. The van der Waals surface area contributed by atoms with Crippen LogP contribution in [-0.2, 0) is 49.1 Å². The number of esters is 2. The maximum atomic E-state index is 14.2. The number of hydrogen-bond donors (Lipinski definition) is 0. The van der Waals surface area contributed by atoms with Crippen molar-refractivity contribution in [3.05, 3.63) is 138 Å². The molecule has 0 amide bonds. The number of aryl methyl sites for hydroxylation is 2. The van der Waals surface area contributed by atoms with E-state index >= 15 is 0 Å². The molecule has 21 heteroatoms. The first-order chi connectivity index (χ1) is 28.5. The van der Waals surface area contributed by atoms with Crippen LogP contribution in [0.1, 0.15) is 66.1 Å². The minimum absolute atomic E-state index is 0.0682. The summed E-state index contributed by atoms with van der Waals surface area (Å²) < 4.78 is 12.9. The molecule has 0 fully saturated rings. The number of carbonyl (C=O) groups excluding carboxylic acids is 2. The number of aromatic nitrogens is 2. The van der Waals surface area contributed by atoms with Gasteiger partial charge in [0.2, 0.25) is 11.7 Å². The van der Waals surface area contributed by atoms with Crippen LogP contribution < -0.4 is 5.56 Å². The third-order valence-electron chi connectivity index (χ3n) is 11.0. The van der Waals surface area contributed by atoms with E-state index in [4.69, 9.17) is 19.3 Å².